The number of nitrogens with two attached hydrogens (primary N) is 1. The average molecular weight is 305 g/mol. The molecule has 0 aromatic carbocycles. The molecule has 2 atom stereocenters. The minimum Gasteiger partial charge on any atom is -0.393 e. The molecule has 1 aromatic heterocycles. The van der Waals surface area contributed by atoms with Gasteiger partial charge in [0, 0.05) is 31.4 Å². The maximum absolute atomic E-state index is 12.8. The van der Waals surface area contributed by atoms with Crippen LogP contribution in [-0.4, -0.2) is 33.4 Å². The second-order valence-corrected chi connectivity index (χ2v) is 6.31. The largest absolute Gasteiger partial charge is 0.393 e. The van der Waals surface area contributed by atoms with Gasteiger partial charge in [-0.2, -0.15) is 0 Å². The van der Waals surface area contributed by atoms with E-state index in [-0.39, 0.29) is 11.9 Å². The molecule has 2 rings (SSSR count). The molecule has 1 aliphatic carbocycles. The van der Waals surface area contributed by atoms with Crippen molar-refractivity contribution in [3.8, 4) is 0 Å². The summed E-state index contributed by atoms with van der Waals surface area (Å²) in [5.74, 6) is 0.559. The third-order valence-electron chi connectivity index (χ3n) is 4.23. The van der Waals surface area contributed by atoms with E-state index in [9.17, 15) is 4.79 Å². The number of hydrogen-bond donors (Lipinski definition) is 1. The van der Waals surface area contributed by atoms with E-state index in [0.29, 0.717) is 29.4 Å². The fourth-order valence-electron chi connectivity index (χ4n) is 3.06. The summed E-state index contributed by atoms with van der Waals surface area (Å²) in [5.41, 5.74) is 6.26. The van der Waals surface area contributed by atoms with E-state index in [4.69, 9.17) is 18.0 Å². The van der Waals surface area contributed by atoms with Gasteiger partial charge in [0.15, 0.2) is 0 Å². The van der Waals surface area contributed by atoms with Crippen LogP contribution < -0.4 is 5.73 Å². The van der Waals surface area contributed by atoms with Crippen LogP contribution in [0.1, 0.15) is 49.4 Å². The highest BCUT2D eigenvalue weighted by atomic mass is 32.1. The van der Waals surface area contributed by atoms with Crippen molar-refractivity contribution in [3.63, 3.8) is 0 Å². The van der Waals surface area contributed by atoms with E-state index in [1.165, 1.54) is 19.3 Å². The fraction of sp³-hybridized carbons (Fsp3) is 0.562. The van der Waals surface area contributed by atoms with E-state index in [0.717, 1.165) is 6.42 Å². The van der Waals surface area contributed by atoms with Crippen LogP contribution >= 0.6 is 12.2 Å². The number of rotatable bonds is 5. The first kappa shape index (κ1) is 15.9. The van der Waals surface area contributed by atoms with Crippen molar-refractivity contribution in [1.82, 2.24) is 9.88 Å². The lowest BCUT2D eigenvalue weighted by molar-refractivity contribution is 0.0561. The van der Waals surface area contributed by atoms with Gasteiger partial charge in [-0.05, 0) is 30.9 Å². The molecule has 1 aliphatic rings. The standard InChI is InChI=1S/C16H23N3OS/c1-12-5-2-3-7-14(12)19(10-8-15(17)21)16(20)13-6-4-9-18-11-13/h4,6,9,11-12,14H,2-3,5,7-8,10H2,1H3,(H2,17,21). The van der Waals surface area contributed by atoms with Gasteiger partial charge in [-0.15, -0.1) is 0 Å². The molecule has 1 saturated carbocycles. The van der Waals surface area contributed by atoms with E-state index in [1.54, 1.807) is 18.5 Å². The van der Waals surface area contributed by atoms with Crippen molar-refractivity contribution in [2.24, 2.45) is 11.7 Å². The third-order valence-corrected chi connectivity index (χ3v) is 4.44. The number of aromatic nitrogens is 1. The molecule has 1 fully saturated rings. The van der Waals surface area contributed by atoms with Gasteiger partial charge in [-0.1, -0.05) is 32.0 Å². The average Bonchev–Trinajstić information content (AvgIpc) is 2.49. The molecule has 2 N–H and O–H groups in total. The van der Waals surface area contributed by atoms with E-state index >= 15 is 0 Å². The maximum Gasteiger partial charge on any atom is 0.255 e. The molecule has 2 unspecified atom stereocenters. The summed E-state index contributed by atoms with van der Waals surface area (Å²) in [6, 6.07) is 3.89. The number of thiocarbonyl (C=S) groups is 1. The number of amides is 1. The number of pyridine rings is 1. The van der Waals surface area contributed by atoms with Gasteiger partial charge >= 0.3 is 0 Å². The summed E-state index contributed by atoms with van der Waals surface area (Å²) in [7, 11) is 0. The van der Waals surface area contributed by atoms with Gasteiger partial charge in [0.05, 0.1) is 10.6 Å². The molecule has 4 nitrogen and oxygen atoms in total. The van der Waals surface area contributed by atoms with Crippen molar-refractivity contribution in [2.45, 2.75) is 45.1 Å². The monoisotopic (exact) mass is 305 g/mol. The van der Waals surface area contributed by atoms with E-state index in [2.05, 4.69) is 11.9 Å². The second-order valence-electron chi connectivity index (χ2n) is 5.79. The zero-order valence-corrected chi connectivity index (χ0v) is 13.3. The third kappa shape index (κ3) is 4.24. The quantitative estimate of drug-likeness (QED) is 0.850. The van der Waals surface area contributed by atoms with Crippen molar-refractivity contribution in [2.75, 3.05) is 6.54 Å². The van der Waals surface area contributed by atoms with Crippen LogP contribution in [-0.2, 0) is 0 Å². The molecule has 0 spiro atoms. The normalized spacial score (nSPS) is 21.8. The summed E-state index contributed by atoms with van der Waals surface area (Å²) in [5, 5.41) is 0. The summed E-state index contributed by atoms with van der Waals surface area (Å²) in [4.78, 5) is 19.3. The highest BCUT2D eigenvalue weighted by Gasteiger charge is 2.30. The van der Waals surface area contributed by atoms with Gasteiger partial charge in [0.25, 0.3) is 5.91 Å². The molecule has 114 valence electrons. The lowest BCUT2D eigenvalue weighted by Gasteiger charge is -2.38. The Morgan fingerprint density at radius 1 is 1.48 bits per heavy atom. The maximum atomic E-state index is 12.8. The van der Waals surface area contributed by atoms with Crippen LogP contribution in [0.3, 0.4) is 0 Å². The smallest absolute Gasteiger partial charge is 0.255 e. The van der Waals surface area contributed by atoms with Crippen LogP contribution in [0.5, 0.6) is 0 Å². The Bertz CT molecular complexity index is 492. The Morgan fingerprint density at radius 3 is 2.86 bits per heavy atom. The molecule has 1 heterocycles. The predicted octanol–water partition coefficient (Wildman–Crippen LogP) is 2.78. The number of carbonyl (C=O) groups excluding carboxylic acids is 1. The molecule has 1 amide bonds. The van der Waals surface area contributed by atoms with Gasteiger partial charge in [-0.25, -0.2) is 0 Å². The molecule has 0 saturated heterocycles. The minimum atomic E-state index is 0.0399. The second kappa shape index (κ2) is 7.50. The molecular weight excluding hydrogens is 282 g/mol. The molecule has 21 heavy (non-hydrogen) atoms. The van der Waals surface area contributed by atoms with Crippen molar-refractivity contribution < 1.29 is 4.79 Å². The summed E-state index contributed by atoms with van der Waals surface area (Å²) >= 11 is 4.98. The molecule has 5 heteroatoms. The molecule has 1 aromatic rings. The lowest BCUT2D eigenvalue weighted by atomic mass is 9.84. The molecule has 0 radical (unpaired) electrons. The highest BCUT2D eigenvalue weighted by molar-refractivity contribution is 7.80. The summed E-state index contributed by atoms with van der Waals surface area (Å²) < 4.78 is 0. The van der Waals surface area contributed by atoms with Crippen LogP contribution in [0.4, 0.5) is 0 Å². The zero-order valence-electron chi connectivity index (χ0n) is 12.5. The lowest BCUT2D eigenvalue weighted by Crippen LogP contribution is -2.46. The minimum absolute atomic E-state index is 0.0399. The van der Waals surface area contributed by atoms with Gasteiger partial charge in [0.2, 0.25) is 0 Å². The summed E-state index contributed by atoms with van der Waals surface area (Å²) in [6.07, 6.45) is 8.55. The Morgan fingerprint density at radius 2 is 2.24 bits per heavy atom. The highest BCUT2D eigenvalue weighted by Crippen LogP contribution is 2.29. The number of carbonyl (C=O) groups is 1. The first-order valence-electron chi connectivity index (χ1n) is 7.59. The Labute approximate surface area is 131 Å². The Balaban J connectivity index is 2.18. The van der Waals surface area contributed by atoms with Crippen molar-refractivity contribution >= 4 is 23.1 Å². The fourth-order valence-corrected chi connectivity index (χ4v) is 3.15. The van der Waals surface area contributed by atoms with Crippen LogP contribution in [0.15, 0.2) is 24.5 Å². The topological polar surface area (TPSA) is 59.2 Å². The Kier molecular flexibility index (Phi) is 5.67. The van der Waals surface area contributed by atoms with E-state index < -0.39 is 0 Å². The number of nitrogens with zero attached hydrogens (tertiary/aromatic N) is 2. The first-order chi connectivity index (χ1) is 10.1. The summed E-state index contributed by atoms with van der Waals surface area (Å²) in [6.45, 7) is 2.83. The number of hydrogen-bond acceptors (Lipinski definition) is 3. The van der Waals surface area contributed by atoms with Crippen molar-refractivity contribution in [3.05, 3.63) is 30.1 Å². The van der Waals surface area contributed by atoms with Gasteiger partial charge < -0.3 is 10.6 Å². The first-order valence-corrected chi connectivity index (χ1v) is 7.99. The zero-order chi connectivity index (χ0) is 15.2. The van der Waals surface area contributed by atoms with Gasteiger partial charge in [0.1, 0.15) is 0 Å². The van der Waals surface area contributed by atoms with Crippen LogP contribution in [0.25, 0.3) is 0 Å². The molecular formula is C16H23N3OS. The molecule has 0 bridgehead atoms. The Hall–Kier alpha value is -1.49. The van der Waals surface area contributed by atoms with Crippen LogP contribution in [0, 0.1) is 5.92 Å². The molecule has 0 aliphatic heterocycles. The van der Waals surface area contributed by atoms with Crippen molar-refractivity contribution in [1.29, 1.82) is 0 Å². The van der Waals surface area contributed by atoms with Gasteiger partial charge in [-0.3, -0.25) is 9.78 Å². The van der Waals surface area contributed by atoms with E-state index in [1.807, 2.05) is 11.0 Å². The van der Waals surface area contributed by atoms with Crippen LogP contribution in [0.2, 0.25) is 0 Å². The predicted molar refractivity (Wildman–Crippen MR) is 88.1 cm³/mol. The SMILES string of the molecule is CC1CCCCC1N(CCC(N)=S)C(=O)c1cccnc1.